The van der Waals surface area contributed by atoms with Crippen molar-refractivity contribution in [3.8, 4) is 16.9 Å². The third-order valence-corrected chi connectivity index (χ3v) is 4.48. The lowest BCUT2D eigenvalue weighted by molar-refractivity contribution is -0.152. The molecule has 1 N–H and O–H groups in total. The molecule has 0 fully saturated rings. The summed E-state index contributed by atoms with van der Waals surface area (Å²) in [6.07, 6.45) is 1.77. The van der Waals surface area contributed by atoms with Crippen LogP contribution in [0.4, 0.5) is 5.69 Å². The average Bonchev–Trinajstić information content (AvgIpc) is 3.03. The lowest BCUT2D eigenvalue weighted by Gasteiger charge is -2.23. The number of nitrogens with zero attached hydrogens (tertiary/aromatic N) is 2. The first-order valence-corrected chi connectivity index (χ1v) is 7.97. The average molecular weight is 338 g/mol. The monoisotopic (exact) mass is 338 g/mol. The van der Waals surface area contributed by atoms with E-state index >= 15 is 0 Å². The van der Waals surface area contributed by atoms with Crippen LogP contribution in [0.3, 0.4) is 0 Å². The molecule has 0 atom stereocenters. The van der Waals surface area contributed by atoms with E-state index in [4.69, 9.17) is 11.3 Å². The Morgan fingerprint density at radius 3 is 2.58 bits per heavy atom. The maximum Gasteiger partial charge on any atom is 0.347 e. The Morgan fingerprint density at radius 1 is 1.25 bits per heavy atom. The molecule has 120 valence electrons. The minimum atomic E-state index is -1.36. The topological polar surface area (TPSA) is 63.8 Å². The van der Waals surface area contributed by atoms with E-state index in [1.807, 2.05) is 18.2 Å². The lowest BCUT2D eigenvalue weighted by atomic mass is 10.0. The van der Waals surface area contributed by atoms with Crippen molar-refractivity contribution in [1.82, 2.24) is 4.37 Å². The largest absolute Gasteiger partial charge is 0.478 e. The predicted octanol–water partition coefficient (Wildman–Crippen LogP) is 4.76. The summed E-state index contributed by atoms with van der Waals surface area (Å²) in [6, 6.07) is 10.8. The third-order valence-electron chi connectivity index (χ3n) is 3.65. The van der Waals surface area contributed by atoms with Crippen molar-refractivity contribution >= 4 is 33.3 Å². The van der Waals surface area contributed by atoms with Gasteiger partial charge in [-0.15, -0.1) is 0 Å². The van der Waals surface area contributed by atoms with Gasteiger partial charge in [0.05, 0.1) is 11.3 Å². The van der Waals surface area contributed by atoms with Gasteiger partial charge in [-0.2, -0.15) is 4.37 Å². The van der Waals surface area contributed by atoms with Gasteiger partial charge < -0.3 is 9.84 Å². The van der Waals surface area contributed by atoms with Crippen molar-refractivity contribution in [1.29, 1.82) is 0 Å². The van der Waals surface area contributed by atoms with Crippen LogP contribution in [-0.4, -0.2) is 21.1 Å². The van der Waals surface area contributed by atoms with Crippen LogP contribution in [-0.2, 0) is 4.79 Å². The van der Waals surface area contributed by atoms with Crippen LogP contribution in [0.15, 0.2) is 42.6 Å². The van der Waals surface area contributed by atoms with Gasteiger partial charge in [-0.1, -0.05) is 24.3 Å². The second kappa shape index (κ2) is 5.95. The highest BCUT2D eigenvalue weighted by atomic mass is 32.1. The molecule has 0 saturated heterocycles. The van der Waals surface area contributed by atoms with E-state index in [9.17, 15) is 9.90 Å². The highest BCUT2D eigenvalue weighted by Gasteiger charge is 2.31. The SMILES string of the molecule is [C-]#[N+]c1ccc(-c2c(OC(C)(C)C(=O)O)ccc3cnsc23)cc1. The van der Waals surface area contributed by atoms with Crippen LogP contribution in [0.5, 0.6) is 5.75 Å². The molecule has 0 radical (unpaired) electrons. The van der Waals surface area contributed by atoms with Gasteiger partial charge >= 0.3 is 5.97 Å². The van der Waals surface area contributed by atoms with E-state index in [0.717, 1.165) is 21.2 Å². The summed E-state index contributed by atoms with van der Waals surface area (Å²) in [4.78, 5) is 14.8. The highest BCUT2D eigenvalue weighted by Crippen LogP contribution is 2.40. The summed E-state index contributed by atoms with van der Waals surface area (Å²) in [6.45, 7) is 10.1. The van der Waals surface area contributed by atoms with Crippen molar-refractivity contribution in [2.24, 2.45) is 0 Å². The van der Waals surface area contributed by atoms with Crippen LogP contribution in [0.25, 0.3) is 26.1 Å². The van der Waals surface area contributed by atoms with Crippen LogP contribution in [0, 0.1) is 6.57 Å². The van der Waals surface area contributed by atoms with Crippen molar-refractivity contribution in [2.75, 3.05) is 0 Å². The zero-order valence-electron chi connectivity index (χ0n) is 13.1. The Balaban J connectivity index is 2.19. The Kier molecular flexibility index (Phi) is 3.96. The molecule has 2 aromatic carbocycles. The van der Waals surface area contributed by atoms with E-state index in [-0.39, 0.29) is 0 Å². The zero-order valence-corrected chi connectivity index (χ0v) is 13.9. The van der Waals surface area contributed by atoms with Gasteiger partial charge in [0.1, 0.15) is 5.75 Å². The number of hydrogen-bond acceptors (Lipinski definition) is 4. The minimum Gasteiger partial charge on any atom is -0.478 e. The molecule has 0 amide bonds. The Bertz CT molecular complexity index is 953. The number of hydrogen-bond donors (Lipinski definition) is 1. The van der Waals surface area contributed by atoms with Gasteiger partial charge in [0.15, 0.2) is 11.3 Å². The first-order valence-electron chi connectivity index (χ1n) is 7.20. The van der Waals surface area contributed by atoms with Crippen LogP contribution in [0.2, 0.25) is 0 Å². The summed E-state index contributed by atoms with van der Waals surface area (Å²) in [7, 11) is 0. The molecule has 0 aliphatic heterocycles. The first kappa shape index (κ1) is 16.0. The fraction of sp³-hybridized carbons (Fsp3) is 0.167. The minimum absolute atomic E-state index is 0.481. The molecule has 0 unspecified atom stereocenters. The van der Waals surface area contributed by atoms with Gasteiger partial charge in [-0.25, -0.2) is 9.64 Å². The molecule has 0 aliphatic rings. The fourth-order valence-electron chi connectivity index (χ4n) is 2.30. The second-order valence-corrected chi connectivity index (χ2v) is 6.56. The zero-order chi connectivity index (χ0) is 17.3. The number of fused-ring (bicyclic) bond motifs is 1. The Labute approximate surface area is 143 Å². The van der Waals surface area contributed by atoms with Crippen LogP contribution >= 0.6 is 11.5 Å². The Morgan fingerprint density at radius 2 is 1.96 bits per heavy atom. The van der Waals surface area contributed by atoms with Gasteiger partial charge in [0.25, 0.3) is 0 Å². The molecule has 0 aliphatic carbocycles. The summed E-state index contributed by atoms with van der Waals surface area (Å²) in [5.41, 5.74) is 0.835. The number of carbonyl (C=O) groups is 1. The molecular weight excluding hydrogens is 324 g/mol. The van der Waals surface area contributed by atoms with E-state index in [1.54, 1.807) is 24.4 Å². The summed E-state index contributed by atoms with van der Waals surface area (Å²) in [5.74, 6) is -0.559. The number of aliphatic carboxylic acids is 1. The summed E-state index contributed by atoms with van der Waals surface area (Å²) >= 11 is 1.33. The van der Waals surface area contributed by atoms with E-state index < -0.39 is 11.6 Å². The maximum atomic E-state index is 11.4. The molecule has 0 bridgehead atoms. The predicted molar refractivity (Wildman–Crippen MR) is 93.7 cm³/mol. The molecule has 24 heavy (non-hydrogen) atoms. The quantitative estimate of drug-likeness (QED) is 0.697. The van der Waals surface area contributed by atoms with Crippen LogP contribution in [0.1, 0.15) is 13.8 Å². The van der Waals surface area contributed by atoms with Crippen molar-refractivity contribution in [3.05, 3.63) is 54.0 Å². The van der Waals surface area contributed by atoms with Gasteiger partial charge in [0, 0.05) is 17.1 Å². The molecule has 5 nitrogen and oxygen atoms in total. The molecule has 3 aromatic rings. The third kappa shape index (κ3) is 2.82. The summed E-state index contributed by atoms with van der Waals surface area (Å²) in [5, 5.41) is 10.3. The molecule has 0 spiro atoms. The normalized spacial score (nSPS) is 11.2. The van der Waals surface area contributed by atoms with Crippen molar-refractivity contribution < 1.29 is 14.6 Å². The smallest absolute Gasteiger partial charge is 0.347 e. The molecule has 0 saturated carbocycles. The van der Waals surface area contributed by atoms with E-state index in [1.165, 1.54) is 25.4 Å². The fourth-order valence-corrected chi connectivity index (χ4v) is 3.10. The van der Waals surface area contributed by atoms with Crippen LogP contribution < -0.4 is 4.74 Å². The Hall–Kier alpha value is -2.91. The number of aromatic nitrogens is 1. The van der Waals surface area contributed by atoms with E-state index in [0.29, 0.717) is 11.4 Å². The lowest BCUT2D eigenvalue weighted by Crippen LogP contribution is -2.38. The highest BCUT2D eigenvalue weighted by molar-refractivity contribution is 7.14. The first-order chi connectivity index (χ1) is 11.4. The molecule has 3 rings (SSSR count). The van der Waals surface area contributed by atoms with E-state index in [2.05, 4.69) is 9.22 Å². The molecule has 1 aromatic heterocycles. The van der Waals surface area contributed by atoms with Crippen molar-refractivity contribution in [3.63, 3.8) is 0 Å². The van der Waals surface area contributed by atoms with Gasteiger partial charge in [-0.05, 0) is 43.1 Å². The summed E-state index contributed by atoms with van der Waals surface area (Å²) < 4.78 is 10.9. The van der Waals surface area contributed by atoms with Crippen molar-refractivity contribution in [2.45, 2.75) is 19.4 Å². The number of ether oxygens (including phenoxy) is 1. The maximum absolute atomic E-state index is 11.4. The molecule has 6 heteroatoms. The number of carboxylic acids is 1. The van der Waals surface area contributed by atoms with Gasteiger partial charge in [-0.3, -0.25) is 0 Å². The number of benzene rings is 2. The molecular formula is C18H14N2O3S. The second-order valence-electron chi connectivity index (χ2n) is 5.76. The molecule has 1 heterocycles. The van der Waals surface area contributed by atoms with Gasteiger partial charge in [0.2, 0.25) is 0 Å². The number of carboxylic acid groups (broad SMARTS) is 1. The number of rotatable bonds is 4. The standard InChI is InChI=1S/C18H14N2O3S/c1-18(2,17(21)22)23-14-9-6-12-10-20-24-16(12)15(14)11-4-7-13(19-3)8-5-11/h4-10H,1-2H3,(H,21,22).